The summed E-state index contributed by atoms with van der Waals surface area (Å²) in [4.78, 5) is 0. The highest BCUT2D eigenvalue weighted by Gasteiger charge is 2.35. The van der Waals surface area contributed by atoms with Gasteiger partial charge in [0.05, 0.1) is 0 Å². The predicted molar refractivity (Wildman–Crippen MR) is 72.7 cm³/mol. The first kappa shape index (κ1) is 13.8. The van der Waals surface area contributed by atoms with E-state index in [1.165, 1.54) is 12.1 Å². The Kier molecular flexibility index (Phi) is 4.28. The van der Waals surface area contributed by atoms with Gasteiger partial charge in [0.2, 0.25) is 0 Å². The van der Waals surface area contributed by atoms with Crippen LogP contribution >= 0.6 is 11.8 Å². The van der Waals surface area contributed by atoms with Crippen LogP contribution in [0.15, 0.2) is 12.1 Å². The van der Waals surface area contributed by atoms with E-state index in [1.54, 1.807) is 11.8 Å². The first-order valence-electron chi connectivity index (χ1n) is 6.38. The number of halogens is 2. The van der Waals surface area contributed by atoms with Gasteiger partial charge in [-0.1, -0.05) is 20.8 Å². The molecule has 1 aromatic carbocycles. The molecular weight excluding hydrogens is 252 g/mol. The number of benzene rings is 1. The molecule has 0 fully saturated rings. The Bertz CT molecular complexity index is 434. The fourth-order valence-corrected chi connectivity index (χ4v) is 4.01. The van der Waals surface area contributed by atoms with Crippen LogP contribution in [0.3, 0.4) is 0 Å². The van der Waals surface area contributed by atoms with Gasteiger partial charge in [0.15, 0.2) is 0 Å². The van der Waals surface area contributed by atoms with Crippen molar-refractivity contribution in [3.63, 3.8) is 0 Å². The minimum Gasteiger partial charge on any atom is -0.309 e. The standard InChI is InChI=1S/C14H19F2NS/c1-4-17-13-12-9(7-18-14(13)8(2)3)10(15)5-6-11(12)16/h5-6,8,13-14,17H,4,7H2,1-3H3. The number of hydrogen-bond donors (Lipinski definition) is 1. The van der Waals surface area contributed by atoms with Gasteiger partial charge in [0.25, 0.3) is 0 Å². The number of nitrogens with one attached hydrogen (secondary N) is 1. The second-order valence-corrected chi connectivity index (χ2v) is 6.14. The molecule has 0 bridgehead atoms. The Morgan fingerprint density at radius 1 is 1.33 bits per heavy atom. The molecule has 2 unspecified atom stereocenters. The van der Waals surface area contributed by atoms with Crippen LogP contribution in [0.25, 0.3) is 0 Å². The summed E-state index contributed by atoms with van der Waals surface area (Å²) in [6.07, 6.45) is 0. The third-order valence-electron chi connectivity index (χ3n) is 3.39. The van der Waals surface area contributed by atoms with Gasteiger partial charge in [0.1, 0.15) is 11.6 Å². The van der Waals surface area contributed by atoms with Crippen LogP contribution in [0.2, 0.25) is 0 Å². The zero-order chi connectivity index (χ0) is 13.3. The van der Waals surface area contributed by atoms with E-state index in [4.69, 9.17) is 0 Å². The topological polar surface area (TPSA) is 12.0 Å². The van der Waals surface area contributed by atoms with Crippen molar-refractivity contribution >= 4 is 11.8 Å². The van der Waals surface area contributed by atoms with Crippen molar-refractivity contribution in [2.24, 2.45) is 5.92 Å². The molecule has 0 saturated carbocycles. The van der Waals surface area contributed by atoms with Crippen molar-refractivity contribution in [1.82, 2.24) is 5.32 Å². The SMILES string of the molecule is CCNC1c2c(F)ccc(F)c2CSC1C(C)C. The minimum absolute atomic E-state index is 0.0977. The molecule has 1 aliphatic rings. The molecule has 0 aliphatic carbocycles. The van der Waals surface area contributed by atoms with E-state index in [0.717, 1.165) is 6.54 Å². The zero-order valence-corrected chi connectivity index (χ0v) is 11.8. The maximum absolute atomic E-state index is 14.0. The molecule has 1 nitrogen and oxygen atoms in total. The Labute approximate surface area is 111 Å². The van der Waals surface area contributed by atoms with Crippen molar-refractivity contribution in [2.45, 2.75) is 37.8 Å². The van der Waals surface area contributed by atoms with Gasteiger partial charge < -0.3 is 5.32 Å². The lowest BCUT2D eigenvalue weighted by Gasteiger charge is -2.36. The summed E-state index contributed by atoms with van der Waals surface area (Å²) in [5.41, 5.74) is 1.07. The molecule has 0 saturated heterocycles. The third kappa shape index (κ3) is 2.41. The largest absolute Gasteiger partial charge is 0.309 e. The lowest BCUT2D eigenvalue weighted by Crippen LogP contribution is -2.37. The molecule has 2 atom stereocenters. The average Bonchev–Trinajstić information content (AvgIpc) is 2.34. The Hall–Kier alpha value is -0.610. The van der Waals surface area contributed by atoms with E-state index in [2.05, 4.69) is 19.2 Å². The quantitative estimate of drug-likeness (QED) is 0.895. The highest BCUT2D eigenvalue weighted by Crippen LogP contribution is 2.42. The monoisotopic (exact) mass is 271 g/mol. The summed E-state index contributed by atoms with van der Waals surface area (Å²) in [5, 5.41) is 3.60. The summed E-state index contributed by atoms with van der Waals surface area (Å²) >= 11 is 1.72. The van der Waals surface area contributed by atoms with Gasteiger partial charge in [-0.2, -0.15) is 11.8 Å². The summed E-state index contributed by atoms with van der Waals surface area (Å²) in [5.74, 6) is 0.408. The lowest BCUT2D eigenvalue weighted by molar-refractivity contribution is 0.425. The maximum atomic E-state index is 14.0. The second-order valence-electron chi connectivity index (χ2n) is 4.98. The maximum Gasteiger partial charge on any atom is 0.128 e. The van der Waals surface area contributed by atoms with Gasteiger partial charge in [-0.3, -0.25) is 0 Å². The Balaban J connectivity index is 2.48. The van der Waals surface area contributed by atoms with Gasteiger partial charge in [-0.05, 0) is 24.6 Å². The molecule has 1 aliphatic heterocycles. The number of hydrogen-bond acceptors (Lipinski definition) is 2. The van der Waals surface area contributed by atoms with Gasteiger partial charge in [-0.25, -0.2) is 8.78 Å². The van der Waals surface area contributed by atoms with Crippen LogP contribution in [0.1, 0.15) is 37.9 Å². The molecule has 2 rings (SSSR count). The van der Waals surface area contributed by atoms with Crippen LogP contribution in [-0.4, -0.2) is 11.8 Å². The predicted octanol–water partition coefficient (Wildman–Crippen LogP) is 3.89. The van der Waals surface area contributed by atoms with Gasteiger partial charge in [0, 0.05) is 28.2 Å². The van der Waals surface area contributed by atoms with E-state index >= 15 is 0 Å². The normalized spacial score (nSPS) is 23.2. The van der Waals surface area contributed by atoms with E-state index in [9.17, 15) is 8.78 Å². The molecule has 0 amide bonds. The third-order valence-corrected chi connectivity index (χ3v) is 5.04. The Morgan fingerprint density at radius 2 is 2.00 bits per heavy atom. The van der Waals surface area contributed by atoms with Crippen LogP contribution < -0.4 is 5.32 Å². The van der Waals surface area contributed by atoms with E-state index < -0.39 is 0 Å². The summed E-state index contributed by atoms with van der Waals surface area (Å²) in [7, 11) is 0. The van der Waals surface area contributed by atoms with Crippen molar-refractivity contribution < 1.29 is 8.78 Å². The summed E-state index contributed by atoms with van der Waals surface area (Å²) < 4.78 is 27.8. The molecular formula is C14H19F2NS. The van der Waals surface area contributed by atoms with Crippen molar-refractivity contribution in [3.05, 3.63) is 34.9 Å². The fraction of sp³-hybridized carbons (Fsp3) is 0.571. The van der Waals surface area contributed by atoms with E-state index in [0.29, 0.717) is 22.8 Å². The molecule has 1 aromatic rings. The summed E-state index contributed by atoms with van der Waals surface area (Å²) in [6.45, 7) is 7.01. The fourth-order valence-electron chi connectivity index (χ4n) is 2.55. The van der Waals surface area contributed by atoms with E-state index in [1.807, 2.05) is 6.92 Å². The Morgan fingerprint density at radius 3 is 2.61 bits per heavy atom. The van der Waals surface area contributed by atoms with E-state index in [-0.39, 0.29) is 22.9 Å². The van der Waals surface area contributed by atoms with Crippen LogP contribution in [-0.2, 0) is 5.75 Å². The number of thioether (sulfide) groups is 1. The van der Waals surface area contributed by atoms with Crippen molar-refractivity contribution in [3.8, 4) is 0 Å². The average molecular weight is 271 g/mol. The van der Waals surface area contributed by atoms with Crippen LogP contribution in [0, 0.1) is 17.6 Å². The minimum atomic E-state index is -0.289. The first-order valence-corrected chi connectivity index (χ1v) is 7.42. The highest BCUT2D eigenvalue weighted by molar-refractivity contribution is 7.99. The molecule has 0 aromatic heterocycles. The van der Waals surface area contributed by atoms with Crippen molar-refractivity contribution in [1.29, 1.82) is 0 Å². The molecule has 1 heterocycles. The second kappa shape index (κ2) is 5.57. The number of fused-ring (bicyclic) bond motifs is 1. The summed E-state index contributed by atoms with van der Waals surface area (Å²) in [6, 6.07) is 2.37. The molecule has 0 spiro atoms. The highest BCUT2D eigenvalue weighted by atomic mass is 32.2. The molecule has 0 radical (unpaired) electrons. The first-order chi connectivity index (χ1) is 8.56. The number of rotatable bonds is 3. The molecule has 4 heteroatoms. The molecule has 18 heavy (non-hydrogen) atoms. The molecule has 1 N–H and O–H groups in total. The van der Waals surface area contributed by atoms with Gasteiger partial charge in [-0.15, -0.1) is 0 Å². The van der Waals surface area contributed by atoms with Crippen molar-refractivity contribution in [2.75, 3.05) is 6.54 Å². The smallest absolute Gasteiger partial charge is 0.128 e. The molecule has 100 valence electrons. The van der Waals surface area contributed by atoms with Crippen LogP contribution in [0.5, 0.6) is 0 Å². The zero-order valence-electron chi connectivity index (χ0n) is 11.0. The van der Waals surface area contributed by atoms with Gasteiger partial charge >= 0.3 is 0 Å². The lowest BCUT2D eigenvalue weighted by atomic mass is 9.91. The van der Waals surface area contributed by atoms with Crippen LogP contribution in [0.4, 0.5) is 8.78 Å².